The van der Waals surface area contributed by atoms with Crippen molar-refractivity contribution in [3.8, 4) is 16.9 Å². The number of aromatic nitrogens is 4. The Balaban J connectivity index is 0.656. The van der Waals surface area contributed by atoms with Crippen LogP contribution in [0.15, 0.2) is 91.0 Å². The molecule has 73 heavy (non-hydrogen) atoms. The van der Waals surface area contributed by atoms with Crippen LogP contribution in [0.3, 0.4) is 0 Å². The highest BCUT2D eigenvalue weighted by Gasteiger charge is 2.33. The summed E-state index contributed by atoms with van der Waals surface area (Å²) in [6.45, 7) is 6.41. The van der Waals surface area contributed by atoms with Crippen molar-refractivity contribution in [2.75, 3.05) is 36.4 Å². The molecule has 3 aliphatic heterocycles. The molecule has 1 aliphatic carbocycles. The number of imide groups is 1. The summed E-state index contributed by atoms with van der Waals surface area (Å²) in [5.41, 5.74) is 8.76. The van der Waals surface area contributed by atoms with Crippen LogP contribution in [0.4, 0.5) is 10.9 Å². The maximum atomic E-state index is 13.7. The van der Waals surface area contributed by atoms with E-state index in [-0.39, 0.29) is 29.5 Å². The Hall–Kier alpha value is -6.97. The van der Waals surface area contributed by atoms with Gasteiger partial charge in [0.1, 0.15) is 11.6 Å². The molecule has 11 rings (SSSR count). The number of carbonyl (C=O) groups is 4. The van der Waals surface area contributed by atoms with E-state index in [0.29, 0.717) is 66.3 Å². The molecule has 0 bridgehead atoms. The number of anilines is 2. The van der Waals surface area contributed by atoms with Gasteiger partial charge in [-0.25, -0.2) is 14.8 Å². The van der Waals surface area contributed by atoms with Gasteiger partial charge >= 0.3 is 5.97 Å². The van der Waals surface area contributed by atoms with Crippen molar-refractivity contribution < 1.29 is 29.0 Å². The zero-order chi connectivity index (χ0) is 50.2. The van der Waals surface area contributed by atoms with Gasteiger partial charge in [0.05, 0.1) is 33.4 Å². The Labute approximate surface area is 429 Å². The molecule has 2 atom stereocenters. The van der Waals surface area contributed by atoms with Crippen LogP contribution in [0.5, 0.6) is 5.75 Å². The van der Waals surface area contributed by atoms with E-state index in [2.05, 4.69) is 49.7 Å². The van der Waals surface area contributed by atoms with Crippen LogP contribution < -0.4 is 20.3 Å². The van der Waals surface area contributed by atoms with Crippen LogP contribution >= 0.6 is 11.3 Å². The highest BCUT2D eigenvalue weighted by molar-refractivity contribution is 7.22. The molecule has 3 fully saturated rings. The van der Waals surface area contributed by atoms with Crippen LogP contribution in [0.1, 0.15) is 119 Å². The molecular weight excluding hydrogens is 937 g/mol. The minimum atomic E-state index is -1.10. The standard InChI is InChI=1S/C58H62N8O6S/c1-35-41(42-23-25-50(60-53(42)57(70)71)66-31-28-38-11-7-14-43(46(38)34-66)55(68)62-58-59-47-16-3-4-18-49(47)73-58)13-9-17-48(35)72-40-21-19-36(20-22-40)10-5-6-29-65-30-27-37(33-65)32-39-12-8-15-44-52(63-64(2)54(39)44)45-24-26-51(67)61-56(45)69/h3-4,7-9,11-18,23,25,36-37,40,45H,5-6,10,19-22,24,26-34H2,1-2H3,(H,70,71)(H,59,62,68)(H,61,67,69)/t36-,37?,40-,45?. The average molecular weight is 999 g/mol. The third-order valence-corrected chi connectivity index (χ3v) is 16.8. The Bertz CT molecular complexity index is 3220. The topological polar surface area (TPSA) is 172 Å². The van der Waals surface area contributed by atoms with Crippen molar-refractivity contribution >= 4 is 67.1 Å². The first-order valence-electron chi connectivity index (χ1n) is 26.1. The van der Waals surface area contributed by atoms with E-state index in [1.807, 2.05) is 85.4 Å². The second-order valence-electron chi connectivity index (χ2n) is 20.6. The van der Waals surface area contributed by atoms with E-state index in [4.69, 9.17) is 14.8 Å². The van der Waals surface area contributed by atoms with Crippen molar-refractivity contribution in [1.82, 2.24) is 30.0 Å². The number of para-hydroxylation sites is 2. The molecule has 1 saturated carbocycles. The molecule has 7 aromatic rings. The summed E-state index contributed by atoms with van der Waals surface area (Å²) in [5, 5.41) is 22.4. The predicted octanol–water partition coefficient (Wildman–Crippen LogP) is 10.3. The number of aromatic carboxylic acids is 1. The molecule has 15 heteroatoms. The van der Waals surface area contributed by atoms with Crippen LogP contribution in [-0.4, -0.2) is 85.7 Å². The van der Waals surface area contributed by atoms with Gasteiger partial charge in [0, 0.05) is 49.6 Å². The van der Waals surface area contributed by atoms with Crippen molar-refractivity contribution in [3.05, 3.63) is 130 Å². The van der Waals surface area contributed by atoms with Crippen LogP contribution in [0.25, 0.3) is 32.2 Å². The Morgan fingerprint density at radius 3 is 2.52 bits per heavy atom. The van der Waals surface area contributed by atoms with Gasteiger partial charge in [0.2, 0.25) is 11.8 Å². The first-order valence-corrected chi connectivity index (χ1v) is 26.9. The zero-order valence-corrected chi connectivity index (χ0v) is 42.4. The highest BCUT2D eigenvalue weighted by Crippen LogP contribution is 2.38. The molecule has 4 aliphatic rings. The molecule has 2 saturated heterocycles. The molecule has 6 heterocycles. The summed E-state index contributed by atoms with van der Waals surface area (Å²) in [4.78, 5) is 65.1. The average Bonchev–Trinajstić information content (AvgIpc) is 4.12. The fourth-order valence-electron chi connectivity index (χ4n) is 12.0. The minimum Gasteiger partial charge on any atom is -0.490 e. The SMILES string of the molecule is Cc1c(O[C@H]2CC[C@H](CCCCN3CCC(Cc4cccc5c(C6CCC(=O)NC6=O)nn(C)c45)C3)CC2)cccc1-c1ccc(N2CCc3cccc(C(=O)Nc4nc5ccccc5s4)c3C2)nc1C(=O)O. The minimum absolute atomic E-state index is 0.0162. The fourth-order valence-corrected chi connectivity index (χ4v) is 12.9. The number of hydrogen-bond acceptors (Lipinski definition) is 11. The van der Waals surface area contributed by atoms with Gasteiger partial charge in [-0.05, 0) is 154 Å². The van der Waals surface area contributed by atoms with Gasteiger partial charge < -0.3 is 19.6 Å². The number of rotatable bonds is 15. The number of piperidine rings is 1. The van der Waals surface area contributed by atoms with E-state index >= 15 is 0 Å². The van der Waals surface area contributed by atoms with E-state index in [1.165, 1.54) is 42.6 Å². The van der Waals surface area contributed by atoms with Crippen molar-refractivity contribution in [2.45, 2.75) is 103 Å². The normalized spacial score (nSPS) is 20.3. The lowest BCUT2D eigenvalue weighted by Gasteiger charge is -2.31. The van der Waals surface area contributed by atoms with E-state index in [9.17, 15) is 24.3 Å². The molecule has 376 valence electrons. The fraction of sp³-hybridized carbons (Fsp3) is 0.397. The number of likely N-dealkylation sites (tertiary alicyclic amines) is 1. The summed E-state index contributed by atoms with van der Waals surface area (Å²) in [6, 6.07) is 29.6. The zero-order valence-electron chi connectivity index (χ0n) is 41.6. The van der Waals surface area contributed by atoms with Crippen LogP contribution in [0.2, 0.25) is 0 Å². The number of thiazole rings is 1. The summed E-state index contributed by atoms with van der Waals surface area (Å²) < 4.78 is 9.62. The van der Waals surface area contributed by atoms with Crippen molar-refractivity contribution in [3.63, 3.8) is 0 Å². The molecule has 2 unspecified atom stereocenters. The number of benzene rings is 4. The molecule has 3 aromatic heterocycles. The molecule has 0 radical (unpaired) electrons. The van der Waals surface area contributed by atoms with Gasteiger partial charge in [0.25, 0.3) is 5.91 Å². The number of hydrogen-bond donors (Lipinski definition) is 3. The lowest BCUT2D eigenvalue weighted by Crippen LogP contribution is -2.39. The maximum absolute atomic E-state index is 13.7. The van der Waals surface area contributed by atoms with Crippen molar-refractivity contribution in [2.24, 2.45) is 18.9 Å². The number of carbonyl (C=O) groups excluding carboxylic acids is 3. The lowest BCUT2D eigenvalue weighted by atomic mass is 9.84. The molecular formula is C58H62N8O6S. The number of ether oxygens (including phenoxy) is 1. The molecule has 14 nitrogen and oxygen atoms in total. The molecule has 3 N–H and O–H groups in total. The molecule has 4 aromatic carbocycles. The third-order valence-electron chi connectivity index (χ3n) is 15.9. The number of fused-ring (bicyclic) bond motifs is 3. The lowest BCUT2D eigenvalue weighted by molar-refractivity contribution is -0.134. The number of carboxylic acids is 1. The number of aryl methyl sites for hydroxylation is 1. The number of pyridine rings is 1. The maximum Gasteiger partial charge on any atom is 0.355 e. The predicted molar refractivity (Wildman–Crippen MR) is 284 cm³/mol. The van der Waals surface area contributed by atoms with Gasteiger partial charge in [-0.3, -0.25) is 29.7 Å². The van der Waals surface area contributed by atoms with Crippen LogP contribution in [-0.2, 0) is 36.0 Å². The first-order chi connectivity index (χ1) is 35.5. The molecule has 3 amide bonds. The second kappa shape index (κ2) is 20.9. The van der Waals surface area contributed by atoms with Gasteiger partial charge in [-0.15, -0.1) is 0 Å². The summed E-state index contributed by atoms with van der Waals surface area (Å²) >= 11 is 1.44. The Morgan fingerprint density at radius 1 is 0.849 bits per heavy atom. The van der Waals surface area contributed by atoms with E-state index < -0.39 is 11.9 Å². The number of carboxylic acid groups (broad SMARTS) is 1. The number of unbranched alkanes of at least 4 members (excludes halogenated alkanes) is 1. The second-order valence-corrected chi connectivity index (χ2v) is 21.6. The Morgan fingerprint density at radius 2 is 1.68 bits per heavy atom. The van der Waals surface area contributed by atoms with E-state index in [0.717, 1.165) is 107 Å². The Kier molecular flexibility index (Phi) is 13.8. The van der Waals surface area contributed by atoms with Gasteiger partial charge in [0.15, 0.2) is 10.8 Å². The van der Waals surface area contributed by atoms with Gasteiger partial charge in [-0.2, -0.15) is 5.10 Å². The van der Waals surface area contributed by atoms with E-state index in [1.54, 1.807) is 0 Å². The molecule has 0 spiro atoms. The summed E-state index contributed by atoms with van der Waals surface area (Å²) in [7, 11) is 1.96. The smallest absolute Gasteiger partial charge is 0.355 e. The third kappa shape index (κ3) is 10.2. The summed E-state index contributed by atoms with van der Waals surface area (Å²) in [6.07, 6.45) is 11.8. The largest absolute Gasteiger partial charge is 0.490 e. The van der Waals surface area contributed by atoms with Crippen LogP contribution in [0, 0.1) is 18.8 Å². The van der Waals surface area contributed by atoms with Crippen molar-refractivity contribution in [1.29, 1.82) is 0 Å². The number of amides is 3. The number of nitrogens with one attached hydrogen (secondary N) is 2. The highest BCUT2D eigenvalue weighted by atomic mass is 32.1. The summed E-state index contributed by atoms with van der Waals surface area (Å²) in [5.74, 6) is 0.438. The quantitative estimate of drug-likeness (QED) is 0.0659. The monoisotopic (exact) mass is 998 g/mol. The van der Waals surface area contributed by atoms with Gasteiger partial charge in [-0.1, -0.05) is 78.8 Å². The first kappa shape index (κ1) is 48.3. The number of nitrogens with zero attached hydrogens (tertiary/aromatic N) is 6.